The van der Waals surface area contributed by atoms with E-state index in [2.05, 4.69) is 20.2 Å². The normalized spacial score (nSPS) is 17.6. The maximum absolute atomic E-state index is 12.3. The van der Waals surface area contributed by atoms with Crippen LogP contribution in [0, 0.1) is 5.92 Å². The number of benzene rings is 1. The van der Waals surface area contributed by atoms with Gasteiger partial charge in [-0.2, -0.15) is 0 Å². The van der Waals surface area contributed by atoms with Gasteiger partial charge in [0.15, 0.2) is 0 Å². The molecule has 1 aromatic heterocycles. The summed E-state index contributed by atoms with van der Waals surface area (Å²) in [5.41, 5.74) is 6.97. The van der Waals surface area contributed by atoms with Crippen LogP contribution in [0.3, 0.4) is 0 Å². The van der Waals surface area contributed by atoms with E-state index in [-0.39, 0.29) is 24.0 Å². The van der Waals surface area contributed by atoms with Gasteiger partial charge in [0, 0.05) is 43.4 Å². The maximum Gasteiger partial charge on any atom is 0.252 e. The van der Waals surface area contributed by atoms with Gasteiger partial charge in [-0.1, -0.05) is 12.1 Å². The van der Waals surface area contributed by atoms with E-state index in [9.17, 15) is 14.7 Å². The zero-order chi connectivity index (χ0) is 19.2. The highest BCUT2D eigenvalue weighted by Gasteiger charge is 2.18. The Labute approximate surface area is 157 Å². The molecule has 8 heteroatoms. The summed E-state index contributed by atoms with van der Waals surface area (Å²) < 4.78 is 0. The van der Waals surface area contributed by atoms with Crippen molar-refractivity contribution < 1.29 is 9.90 Å². The molecule has 0 spiro atoms. The Morgan fingerprint density at radius 2 is 2.15 bits per heavy atom. The van der Waals surface area contributed by atoms with Crippen molar-refractivity contribution in [2.24, 2.45) is 5.92 Å². The highest BCUT2D eigenvalue weighted by molar-refractivity contribution is 5.94. The van der Waals surface area contributed by atoms with Gasteiger partial charge < -0.3 is 21.1 Å². The Hall–Kier alpha value is -2.71. The van der Waals surface area contributed by atoms with Crippen LogP contribution in [0.15, 0.2) is 35.1 Å². The topological polar surface area (TPSA) is 124 Å². The van der Waals surface area contributed by atoms with E-state index in [1.165, 1.54) is 6.07 Å². The van der Waals surface area contributed by atoms with E-state index in [0.29, 0.717) is 29.3 Å². The SMILES string of the molecule is Nc1nc(-c2ccc(C(=O)NCCN3CCC[C@@H](CO)C3)cc2)cc(=O)[nH]1. The fourth-order valence-corrected chi connectivity index (χ4v) is 3.35. The van der Waals surface area contributed by atoms with E-state index in [0.717, 1.165) is 32.5 Å². The molecule has 1 aromatic carbocycles. The fraction of sp³-hybridized carbons (Fsp3) is 0.421. The number of aliphatic hydroxyl groups is 1. The highest BCUT2D eigenvalue weighted by atomic mass is 16.3. The molecule has 1 aliphatic heterocycles. The van der Waals surface area contributed by atoms with Gasteiger partial charge in [-0.15, -0.1) is 0 Å². The zero-order valence-corrected chi connectivity index (χ0v) is 15.1. The number of nitrogens with zero attached hydrogens (tertiary/aromatic N) is 2. The van der Waals surface area contributed by atoms with Crippen molar-refractivity contribution in [2.75, 3.05) is 38.5 Å². The van der Waals surface area contributed by atoms with Crippen molar-refractivity contribution >= 4 is 11.9 Å². The second-order valence-electron chi connectivity index (χ2n) is 6.84. The smallest absolute Gasteiger partial charge is 0.252 e. The lowest BCUT2D eigenvalue weighted by molar-refractivity contribution is 0.0930. The number of likely N-dealkylation sites (tertiary alicyclic amines) is 1. The summed E-state index contributed by atoms with van der Waals surface area (Å²) in [5.74, 6) is 0.256. The number of piperidine rings is 1. The Bertz CT molecular complexity index is 834. The lowest BCUT2D eigenvalue weighted by Gasteiger charge is -2.31. The molecule has 2 aromatic rings. The van der Waals surface area contributed by atoms with Gasteiger partial charge in [0.1, 0.15) is 0 Å². The molecule has 27 heavy (non-hydrogen) atoms. The Balaban J connectivity index is 1.54. The molecule has 5 N–H and O–H groups in total. The highest BCUT2D eigenvalue weighted by Crippen LogP contribution is 2.17. The minimum Gasteiger partial charge on any atom is -0.396 e. The molecular formula is C19H25N5O3. The number of carbonyl (C=O) groups is 1. The summed E-state index contributed by atoms with van der Waals surface area (Å²) in [6, 6.07) is 8.25. The van der Waals surface area contributed by atoms with Crippen molar-refractivity contribution in [2.45, 2.75) is 12.8 Å². The van der Waals surface area contributed by atoms with Gasteiger partial charge in [0.25, 0.3) is 11.5 Å². The quantitative estimate of drug-likeness (QED) is 0.585. The number of nitrogen functional groups attached to an aromatic ring is 1. The van der Waals surface area contributed by atoms with Crippen LogP contribution in [0.25, 0.3) is 11.3 Å². The number of anilines is 1. The third-order valence-electron chi connectivity index (χ3n) is 4.78. The number of amides is 1. The zero-order valence-electron chi connectivity index (χ0n) is 15.1. The first-order chi connectivity index (χ1) is 13.0. The second-order valence-corrected chi connectivity index (χ2v) is 6.84. The molecule has 0 saturated carbocycles. The molecule has 1 atom stereocenters. The van der Waals surface area contributed by atoms with Gasteiger partial charge >= 0.3 is 0 Å². The average molecular weight is 371 g/mol. The number of aromatic amines is 1. The molecule has 1 fully saturated rings. The molecule has 0 bridgehead atoms. The van der Waals surface area contributed by atoms with Crippen LogP contribution in [0.5, 0.6) is 0 Å². The van der Waals surface area contributed by atoms with E-state index in [1.54, 1.807) is 24.3 Å². The summed E-state index contributed by atoms with van der Waals surface area (Å²) in [4.78, 5) is 32.6. The van der Waals surface area contributed by atoms with Crippen LogP contribution in [-0.2, 0) is 0 Å². The van der Waals surface area contributed by atoms with Crippen LogP contribution in [-0.4, -0.2) is 58.7 Å². The predicted octanol–water partition coefficient (Wildman–Crippen LogP) is 0.453. The molecule has 0 radical (unpaired) electrons. The summed E-state index contributed by atoms with van der Waals surface area (Å²) in [6.07, 6.45) is 2.15. The molecule has 1 saturated heterocycles. The summed E-state index contributed by atoms with van der Waals surface area (Å²) in [6.45, 7) is 3.45. The molecular weight excluding hydrogens is 346 g/mol. The fourth-order valence-electron chi connectivity index (χ4n) is 3.35. The van der Waals surface area contributed by atoms with Gasteiger partial charge in [-0.05, 0) is 37.4 Å². The van der Waals surface area contributed by atoms with Crippen molar-refractivity contribution in [3.63, 3.8) is 0 Å². The molecule has 1 aliphatic rings. The Morgan fingerprint density at radius 3 is 2.85 bits per heavy atom. The number of nitrogens with two attached hydrogens (primary N) is 1. The molecule has 2 heterocycles. The number of rotatable bonds is 6. The summed E-state index contributed by atoms with van der Waals surface area (Å²) in [7, 11) is 0. The van der Waals surface area contributed by atoms with Crippen LogP contribution >= 0.6 is 0 Å². The second kappa shape index (κ2) is 8.79. The van der Waals surface area contributed by atoms with Crippen molar-refractivity contribution in [1.29, 1.82) is 0 Å². The van der Waals surface area contributed by atoms with Gasteiger partial charge in [0.2, 0.25) is 5.95 Å². The van der Waals surface area contributed by atoms with E-state index in [1.807, 2.05) is 0 Å². The molecule has 144 valence electrons. The summed E-state index contributed by atoms with van der Waals surface area (Å²) >= 11 is 0. The third-order valence-corrected chi connectivity index (χ3v) is 4.78. The number of H-pyrrole nitrogens is 1. The van der Waals surface area contributed by atoms with Gasteiger partial charge in [-0.3, -0.25) is 14.6 Å². The molecule has 1 amide bonds. The lowest BCUT2D eigenvalue weighted by Crippen LogP contribution is -2.41. The number of carbonyl (C=O) groups excluding carboxylic acids is 1. The maximum atomic E-state index is 12.3. The third kappa shape index (κ3) is 5.15. The minimum atomic E-state index is -0.319. The van der Waals surface area contributed by atoms with Crippen molar-refractivity contribution in [1.82, 2.24) is 20.2 Å². The standard InChI is InChI=1S/C19H25N5O3/c20-19-22-16(10-17(26)23-19)14-3-5-15(6-4-14)18(27)21-7-9-24-8-1-2-13(11-24)12-25/h3-6,10,13,25H,1-2,7-9,11-12H2,(H,21,27)(H3,20,22,23,26)/t13-/m1/s1. The van der Waals surface area contributed by atoms with Gasteiger partial charge in [-0.25, -0.2) is 4.98 Å². The number of nitrogens with one attached hydrogen (secondary N) is 2. The Kier molecular flexibility index (Phi) is 6.20. The van der Waals surface area contributed by atoms with E-state index >= 15 is 0 Å². The minimum absolute atomic E-state index is 0.0560. The number of aromatic nitrogens is 2. The largest absolute Gasteiger partial charge is 0.396 e. The monoisotopic (exact) mass is 371 g/mol. The number of hydrogen-bond acceptors (Lipinski definition) is 6. The molecule has 0 aliphatic carbocycles. The van der Waals surface area contributed by atoms with E-state index in [4.69, 9.17) is 5.73 Å². The molecule has 0 unspecified atom stereocenters. The number of aliphatic hydroxyl groups excluding tert-OH is 1. The van der Waals surface area contributed by atoms with E-state index < -0.39 is 0 Å². The molecule has 8 nitrogen and oxygen atoms in total. The Morgan fingerprint density at radius 1 is 1.37 bits per heavy atom. The van der Waals surface area contributed by atoms with Crippen LogP contribution < -0.4 is 16.6 Å². The lowest BCUT2D eigenvalue weighted by atomic mass is 9.99. The first-order valence-electron chi connectivity index (χ1n) is 9.14. The van der Waals surface area contributed by atoms with Gasteiger partial charge in [0.05, 0.1) is 5.69 Å². The number of hydrogen-bond donors (Lipinski definition) is 4. The van der Waals surface area contributed by atoms with Crippen LogP contribution in [0.4, 0.5) is 5.95 Å². The first-order valence-corrected chi connectivity index (χ1v) is 9.14. The first kappa shape index (κ1) is 19.1. The average Bonchev–Trinajstić information content (AvgIpc) is 2.67. The van der Waals surface area contributed by atoms with Crippen molar-refractivity contribution in [3.8, 4) is 11.3 Å². The van der Waals surface area contributed by atoms with Crippen LogP contribution in [0.2, 0.25) is 0 Å². The predicted molar refractivity (Wildman–Crippen MR) is 103 cm³/mol. The summed E-state index contributed by atoms with van der Waals surface area (Å²) in [5, 5.41) is 12.2. The van der Waals surface area contributed by atoms with Crippen molar-refractivity contribution in [3.05, 3.63) is 46.2 Å². The molecule has 3 rings (SSSR count). The van der Waals surface area contributed by atoms with Crippen LogP contribution in [0.1, 0.15) is 23.2 Å².